The number of carbonyl (C=O) groups is 1. The second kappa shape index (κ2) is 8.33. The van der Waals surface area contributed by atoms with Crippen LogP contribution in [0.5, 0.6) is 0 Å². The van der Waals surface area contributed by atoms with Crippen molar-refractivity contribution < 1.29 is 19.7 Å². The van der Waals surface area contributed by atoms with Crippen LogP contribution in [0.3, 0.4) is 0 Å². The van der Waals surface area contributed by atoms with E-state index in [-0.39, 0.29) is 34.4 Å². The van der Waals surface area contributed by atoms with Gasteiger partial charge in [-0.1, -0.05) is 32.9 Å². The monoisotopic (exact) mass is 474 g/mol. The van der Waals surface area contributed by atoms with E-state index in [1.165, 1.54) is 37.7 Å². The highest BCUT2D eigenvalue weighted by atomic mass is 16.5. The van der Waals surface area contributed by atoms with Crippen LogP contribution in [0.2, 0.25) is 0 Å². The first-order valence-corrected chi connectivity index (χ1v) is 13.9. The zero-order valence-electron chi connectivity index (χ0n) is 22.9. The molecule has 34 heavy (non-hydrogen) atoms. The predicted molar refractivity (Wildman–Crippen MR) is 136 cm³/mol. The molecule has 3 unspecified atom stereocenters. The van der Waals surface area contributed by atoms with Crippen LogP contribution in [-0.4, -0.2) is 33.5 Å². The summed E-state index contributed by atoms with van der Waals surface area (Å²) in [6, 6.07) is 0. The number of aliphatic hydroxyl groups is 1. The molecule has 2 N–H and O–H groups in total. The molecule has 194 valence electrons. The van der Waals surface area contributed by atoms with Crippen LogP contribution >= 0.6 is 0 Å². The highest BCUT2D eigenvalue weighted by molar-refractivity contribution is 5.66. The molecule has 9 atom stereocenters. The molecule has 0 aromatic carbocycles. The first-order chi connectivity index (χ1) is 15.6. The molecule has 0 bridgehead atoms. The number of ether oxygens (including phenoxy) is 1. The van der Waals surface area contributed by atoms with Crippen LogP contribution < -0.4 is 0 Å². The van der Waals surface area contributed by atoms with E-state index in [2.05, 4.69) is 41.2 Å². The van der Waals surface area contributed by atoms with Gasteiger partial charge in [0.2, 0.25) is 0 Å². The smallest absolute Gasteiger partial charge is 0.303 e. The van der Waals surface area contributed by atoms with Crippen molar-refractivity contribution >= 4 is 5.97 Å². The van der Waals surface area contributed by atoms with Gasteiger partial charge < -0.3 is 14.9 Å². The number of hydrogen-bond acceptors (Lipinski definition) is 3. The second-order valence-electron chi connectivity index (χ2n) is 14.2. The van der Waals surface area contributed by atoms with Crippen molar-refractivity contribution in [2.75, 3.05) is 0 Å². The molecule has 4 rings (SSSR count). The Bertz CT molecular complexity index is 828. The van der Waals surface area contributed by atoms with Gasteiger partial charge >= 0.3 is 5.97 Å². The van der Waals surface area contributed by atoms with E-state index in [0.717, 1.165) is 25.7 Å². The Kier molecular flexibility index (Phi) is 6.42. The molecule has 4 fully saturated rings. The molecular weight excluding hydrogens is 424 g/mol. The van der Waals surface area contributed by atoms with Gasteiger partial charge in [-0.25, -0.2) is 0 Å². The first-order valence-electron chi connectivity index (χ1n) is 13.9. The fourth-order valence-corrected chi connectivity index (χ4v) is 10.0. The van der Waals surface area contributed by atoms with Crippen molar-refractivity contribution in [2.24, 2.45) is 39.9 Å². The Balaban J connectivity index is 1.64. The van der Waals surface area contributed by atoms with Gasteiger partial charge in [0.05, 0.1) is 17.3 Å². The van der Waals surface area contributed by atoms with Crippen molar-refractivity contribution in [3.8, 4) is 0 Å². The molecule has 1 heterocycles. The van der Waals surface area contributed by atoms with E-state index in [0.29, 0.717) is 23.7 Å². The molecule has 0 spiro atoms. The average molecular weight is 475 g/mol. The van der Waals surface area contributed by atoms with E-state index < -0.39 is 11.6 Å². The standard InChI is InChI=1S/C30H50O4/c1-19(2)20-11-17-29(7)23(27(20,5)15-14-25(31)32)10-9-21-22(12-16-28(21,29)6)30(8)18-13-24(34-30)26(3,4)33/h20-24,33H,1,9-18H2,2-8H3,(H,31,32)/t20?,21-,22?,23+,24?,27-,28+,29+,30-/m0/s1. The fourth-order valence-electron chi connectivity index (χ4n) is 10.0. The predicted octanol–water partition coefficient (Wildman–Crippen LogP) is 7.00. The van der Waals surface area contributed by atoms with Gasteiger partial charge in [-0.2, -0.15) is 0 Å². The lowest BCUT2D eigenvalue weighted by molar-refractivity contribution is -0.187. The Morgan fingerprint density at radius 1 is 0.971 bits per heavy atom. The maximum Gasteiger partial charge on any atom is 0.303 e. The highest BCUT2D eigenvalue weighted by Gasteiger charge is 2.68. The number of rotatable bonds is 6. The van der Waals surface area contributed by atoms with E-state index in [9.17, 15) is 15.0 Å². The molecule has 1 aliphatic heterocycles. The van der Waals surface area contributed by atoms with Gasteiger partial charge in [0.15, 0.2) is 0 Å². The zero-order valence-corrected chi connectivity index (χ0v) is 22.9. The number of carboxylic acids is 1. The Hall–Kier alpha value is -0.870. The lowest BCUT2D eigenvalue weighted by Gasteiger charge is -2.66. The molecule has 0 radical (unpaired) electrons. The summed E-state index contributed by atoms with van der Waals surface area (Å²) in [4.78, 5) is 11.6. The summed E-state index contributed by atoms with van der Waals surface area (Å²) < 4.78 is 6.69. The van der Waals surface area contributed by atoms with Crippen molar-refractivity contribution in [1.82, 2.24) is 0 Å². The fraction of sp³-hybridized carbons (Fsp3) is 0.900. The lowest BCUT2D eigenvalue weighted by atomic mass is 9.38. The van der Waals surface area contributed by atoms with Gasteiger partial charge in [-0.05, 0) is 125 Å². The van der Waals surface area contributed by atoms with Crippen LogP contribution in [0.25, 0.3) is 0 Å². The number of carboxylic acid groups (broad SMARTS) is 1. The topological polar surface area (TPSA) is 66.8 Å². The van der Waals surface area contributed by atoms with E-state index >= 15 is 0 Å². The summed E-state index contributed by atoms with van der Waals surface area (Å²) in [5.74, 6) is 1.42. The van der Waals surface area contributed by atoms with E-state index in [1.54, 1.807) is 0 Å². The SMILES string of the molecule is C=C(C)C1CC[C@]2(C)[C@H](CC[C@H]3C([C@]4(C)CCC(C(C)(C)O)O4)CC[C@]32C)[C@@]1(C)CCC(=O)O. The van der Waals surface area contributed by atoms with Crippen LogP contribution in [0.15, 0.2) is 12.2 Å². The van der Waals surface area contributed by atoms with Crippen molar-refractivity contribution in [3.05, 3.63) is 12.2 Å². The lowest BCUT2D eigenvalue weighted by Crippen LogP contribution is -2.60. The molecule has 3 saturated carbocycles. The quantitative estimate of drug-likeness (QED) is 0.407. The molecular formula is C30H50O4. The van der Waals surface area contributed by atoms with Gasteiger partial charge in [-0.15, -0.1) is 0 Å². The molecule has 0 aromatic heterocycles. The first kappa shape index (κ1) is 26.2. The van der Waals surface area contributed by atoms with Crippen LogP contribution in [0.4, 0.5) is 0 Å². The maximum absolute atomic E-state index is 11.6. The minimum absolute atomic E-state index is 0.0109. The van der Waals surface area contributed by atoms with Crippen molar-refractivity contribution in [3.63, 3.8) is 0 Å². The average Bonchev–Trinajstić information content (AvgIpc) is 3.29. The summed E-state index contributed by atoms with van der Waals surface area (Å²) in [5.41, 5.74) is 0.714. The zero-order chi connectivity index (χ0) is 25.3. The van der Waals surface area contributed by atoms with Crippen molar-refractivity contribution in [2.45, 2.75) is 130 Å². The Morgan fingerprint density at radius 3 is 2.18 bits per heavy atom. The molecule has 1 saturated heterocycles. The summed E-state index contributed by atoms with van der Waals surface area (Å²) in [7, 11) is 0. The summed E-state index contributed by atoms with van der Waals surface area (Å²) in [6.07, 6.45) is 10.0. The molecule has 4 heteroatoms. The normalized spacial score (nSPS) is 48.9. The summed E-state index contributed by atoms with van der Waals surface area (Å²) in [5, 5.41) is 20.2. The van der Waals surface area contributed by atoms with Gasteiger partial charge in [0.25, 0.3) is 0 Å². The molecule has 3 aliphatic carbocycles. The third kappa shape index (κ3) is 3.81. The maximum atomic E-state index is 11.6. The Morgan fingerprint density at radius 2 is 1.62 bits per heavy atom. The van der Waals surface area contributed by atoms with Gasteiger partial charge in [0.1, 0.15) is 0 Å². The largest absolute Gasteiger partial charge is 0.481 e. The highest BCUT2D eigenvalue weighted by Crippen LogP contribution is 2.74. The number of hydrogen-bond donors (Lipinski definition) is 2. The van der Waals surface area contributed by atoms with Gasteiger partial charge in [0, 0.05) is 6.42 Å². The molecule has 4 aliphatic rings. The van der Waals surface area contributed by atoms with Crippen LogP contribution in [0.1, 0.15) is 113 Å². The number of fused-ring (bicyclic) bond motifs is 3. The third-order valence-corrected chi connectivity index (χ3v) is 12.0. The minimum Gasteiger partial charge on any atom is -0.481 e. The van der Waals surface area contributed by atoms with Gasteiger partial charge in [-0.3, -0.25) is 4.79 Å². The number of aliphatic carboxylic acids is 1. The van der Waals surface area contributed by atoms with Crippen molar-refractivity contribution in [1.29, 1.82) is 0 Å². The third-order valence-electron chi connectivity index (χ3n) is 12.0. The van der Waals surface area contributed by atoms with E-state index in [4.69, 9.17) is 4.74 Å². The second-order valence-corrected chi connectivity index (χ2v) is 14.2. The molecule has 0 aromatic rings. The minimum atomic E-state index is -0.795. The van der Waals surface area contributed by atoms with Crippen LogP contribution in [-0.2, 0) is 9.53 Å². The summed E-state index contributed by atoms with van der Waals surface area (Å²) >= 11 is 0. The summed E-state index contributed by atoms with van der Waals surface area (Å²) in [6.45, 7) is 20.1. The van der Waals surface area contributed by atoms with Crippen LogP contribution in [0, 0.1) is 39.9 Å². The van der Waals surface area contributed by atoms with E-state index in [1.807, 2.05) is 13.8 Å². The molecule has 4 nitrogen and oxygen atoms in total. The Labute approximate surface area is 207 Å². The number of allylic oxidation sites excluding steroid dienone is 1. The molecule has 0 amide bonds.